The molecule has 0 aliphatic carbocycles. The summed E-state index contributed by atoms with van der Waals surface area (Å²) in [5.74, 6) is 0. The molecule has 18 heavy (non-hydrogen) atoms. The van der Waals surface area contributed by atoms with Crippen molar-refractivity contribution in [3.05, 3.63) is 42.1 Å². The van der Waals surface area contributed by atoms with Crippen LogP contribution < -0.4 is 0 Å². The minimum atomic E-state index is -0.749. The number of pyridine rings is 1. The van der Waals surface area contributed by atoms with Gasteiger partial charge in [0.2, 0.25) is 0 Å². The highest BCUT2D eigenvalue weighted by Gasteiger charge is 2.30. The Morgan fingerprint density at radius 2 is 2.11 bits per heavy atom. The van der Waals surface area contributed by atoms with E-state index in [1.807, 2.05) is 30.3 Å². The van der Waals surface area contributed by atoms with E-state index in [-0.39, 0.29) is 0 Å². The minimum absolute atomic E-state index is 0.627. The molecule has 1 aromatic carbocycles. The van der Waals surface area contributed by atoms with Crippen LogP contribution in [-0.4, -0.2) is 23.3 Å². The molecule has 3 nitrogen and oxygen atoms in total. The lowest BCUT2D eigenvalue weighted by atomic mass is 9.86. The summed E-state index contributed by atoms with van der Waals surface area (Å²) < 4.78 is 5.43. The fourth-order valence-corrected chi connectivity index (χ4v) is 2.59. The smallest absolute Gasteiger partial charge is 0.0919 e. The summed E-state index contributed by atoms with van der Waals surface area (Å²) in [5.41, 5.74) is 1.20. The molecule has 1 atom stereocenters. The molecule has 1 fully saturated rings. The predicted molar refractivity (Wildman–Crippen MR) is 70.3 cm³/mol. The fourth-order valence-electron chi connectivity index (χ4n) is 2.59. The van der Waals surface area contributed by atoms with Crippen molar-refractivity contribution in [3.63, 3.8) is 0 Å². The van der Waals surface area contributed by atoms with Gasteiger partial charge in [0.1, 0.15) is 0 Å². The Bertz CT molecular complexity index is 545. The second kappa shape index (κ2) is 4.67. The summed E-state index contributed by atoms with van der Waals surface area (Å²) in [6.07, 6.45) is 4.12. The Balaban J connectivity index is 2.02. The summed E-state index contributed by atoms with van der Waals surface area (Å²) in [7, 11) is 0. The molecule has 1 saturated heterocycles. The maximum Gasteiger partial charge on any atom is 0.0919 e. The molecule has 3 rings (SSSR count). The first-order chi connectivity index (χ1) is 8.78. The second-order valence-electron chi connectivity index (χ2n) is 4.91. The van der Waals surface area contributed by atoms with Crippen LogP contribution in [0.15, 0.2) is 36.5 Å². The average molecular weight is 243 g/mol. The Morgan fingerprint density at radius 1 is 1.17 bits per heavy atom. The lowest BCUT2D eigenvalue weighted by molar-refractivity contribution is 0.0145. The molecule has 2 aromatic rings. The lowest BCUT2D eigenvalue weighted by Crippen LogP contribution is -2.25. The van der Waals surface area contributed by atoms with E-state index in [0.717, 1.165) is 35.9 Å². The third kappa shape index (κ3) is 2.11. The Hall–Kier alpha value is -1.45. The summed E-state index contributed by atoms with van der Waals surface area (Å²) >= 11 is 0. The monoisotopic (exact) mass is 243 g/mol. The topological polar surface area (TPSA) is 42.4 Å². The number of rotatable bonds is 1. The van der Waals surface area contributed by atoms with Crippen LogP contribution in [0.25, 0.3) is 10.9 Å². The van der Waals surface area contributed by atoms with E-state index in [4.69, 9.17) is 4.74 Å². The van der Waals surface area contributed by atoms with Gasteiger partial charge in [0.15, 0.2) is 0 Å². The number of benzene rings is 1. The quantitative estimate of drug-likeness (QED) is 0.837. The third-order valence-electron chi connectivity index (χ3n) is 3.68. The van der Waals surface area contributed by atoms with Gasteiger partial charge in [-0.2, -0.15) is 0 Å². The van der Waals surface area contributed by atoms with Crippen molar-refractivity contribution >= 4 is 10.9 Å². The molecule has 0 amide bonds. The molecule has 1 unspecified atom stereocenters. The summed E-state index contributed by atoms with van der Waals surface area (Å²) in [6.45, 7) is 1.37. The van der Waals surface area contributed by atoms with Gasteiger partial charge in [-0.3, -0.25) is 4.98 Å². The van der Waals surface area contributed by atoms with E-state index in [1.165, 1.54) is 0 Å². The van der Waals surface area contributed by atoms with Crippen molar-refractivity contribution < 1.29 is 9.84 Å². The SMILES string of the molecule is OC1(c2ccc3ncccc3c2)CCCOCC1. The molecule has 0 saturated carbocycles. The van der Waals surface area contributed by atoms with Gasteiger partial charge in [-0.15, -0.1) is 0 Å². The largest absolute Gasteiger partial charge is 0.385 e. The zero-order chi connectivity index (χ0) is 12.4. The van der Waals surface area contributed by atoms with Gasteiger partial charge < -0.3 is 9.84 Å². The number of nitrogens with zero attached hydrogens (tertiary/aromatic N) is 1. The highest BCUT2D eigenvalue weighted by atomic mass is 16.5. The van der Waals surface area contributed by atoms with Gasteiger partial charge in [-0.05, 0) is 36.6 Å². The van der Waals surface area contributed by atoms with Crippen LogP contribution in [0.5, 0.6) is 0 Å². The number of hydrogen-bond acceptors (Lipinski definition) is 3. The van der Waals surface area contributed by atoms with E-state index in [0.29, 0.717) is 13.0 Å². The van der Waals surface area contributed by atoms with Crippen molar-refractivity contribution in [2.24, 2.45) is 0 Å². The van der Waals surface area contributed by atoms with Gasteiger partial charge in [0.25, 0.3) is 0 Å². The summed E-state index contributed by atoms with van der Waals surface area (Å²) in [4.78, 5) is 4.30. The first kappa shape index (κ1) is 11.6. The average Bonchev–Trinajstić information content (AvgIpc) is 2.64. The second-order valence-corrected chi connectivity index (χ2v) is 4.91. The maximum atomic E-state index is 10.8. The highest BCUT2D eigenvalue weighted by molar-refractivity contribution is 5.79. The number of hydrogen-bond donors (Lipinski definition) is 1. The van der Waals surface area contributed by atoms with Crippen LogP contribution in [0.1, 0.15) is 24.8 Å². The Morgan fingerprint density at radius 3 is 3.06 bits per heavy atom. The molecule has 1 aromatic heterocycles. The molecular formula is C15H17NO2. The van der Waals surface area contributed by atoms with Crippen LogP contribution in [0.4, 0.5) is 0 Å². The highest BCUT2D eigenvalue weighted by Crippen LogP contribution is 2.33. The van der Waals surface area contributed by atoms with E-state index < -0.39 is 5.60 Å². The van der Waals surface area contributed by atoms with E-state index >= 15 is 0 Å². The van der Waals surface area contributed by atoms with Crippen molar-refractivity contribution in [3.8, 4) is 0 Å². The molecule has 0 bridgehead atoms. The minimum Gasteiger partial charge on any atom is -0.385 e. The first-order valence-corrected chi connectivity index (χ1v) is 6.43. The molecule has 1 aliphatic heterocycles. The normalized spacial score (nSPS) is 24.9. The Labute approximate surface area is 106 Å². The molecular weight excluding hydrogens is 226 g/mol. The van der Waals surface area contributed by atoms with Crippen LogP contribution in [0, 0.1) is 0 Å². The van der Waals surface area contributed by atoms with Gasteiger partial charge in [0, 0.05) is 31.2 Å². The molecule has 0 spiro atoms. The van der Waals surface area contributed by atoms with Crippen molar-refractivity contribution in [1.82, 2.24) is 4.98 Å². The number of ether oxygens (including phenoxy) is 1. The molecule has 1 N–H and O–H groups in total. The maximum absolute atomic E-state index is 10.8. The lowest BCUT2D eigenvalue weighted by Gasteiger charge is -2.26. The van der Waals surface area contributed by atoms with Crippen molar-refractivity contribution in [1.29, 1.82) is 0 Å². The van der Waals surface area contributed by atoms with Gasteiger partial charge in [0.05, 0.1) is 11.1 Å². The third-order valence-corrected chi connectivity index (χ3v) is 3.68. The van der Waals surface area contributed by atoms with Gasteiger partial charge in [-0.25, -0.2) is 0 Å². The summed E-state index contributed by atoms with van der Waals surface area (Å²) in [6, 6.07) is 9.97. The number of fused-ring (bicyclic) bond motifs is 1. The molecule has 1 aliphatic rings. The predicted octanol–water partition coefficient (Wildman–Crippen LogP) is 2.62. The zero-order valence-electron chi connectivity index (χ0n) is 10.3. The van der Waals surface area contributed by atoms with Crippen LogP contribution in [0.3, 0.4) is 0 Å². The number of aromatic nitrogens is 1. The zero-order valence-corrected chi connectivity index (χ0v) is 10.3. The van der Waals surface area contributed by atoms with Crippen LogP contribution >= 0.6 is 0 Å². The summed E-state index contributed by atoms with van der Waals surface area (Å²) in [5, 5.41) is 11.9. The molecule has 0 radical (unpaired) electrons. The molecule has 2 heterocycles. The van der Waals surface area contributed by atoms with E-state index in [9.17, 15) is 5.11 Å². The van der Waals surface area contributed by atoms with Crippen molar-refractivity contribution in [2.45, 2.75) is 24.9 Å². The Kier molecular flexibility index (Phi) is 3.02. The number of aliphatic hydroxyl groups is 1. The van der Waals surface area contributed by atoms with Crippen molar-refractivity contribution in [2.75, 3.05) is 13.2 Å². The van der Waals surface area contributed by atoms with Gasteiger partial charge in [-0.1, -0.05) is 12.1 Å². The van der Waals surface area contributed by atoms with E-state index in [2.05, 4.69) is 4.98 Å². The van der Waals surface area contributed by atoms with Crippen LogP contribution in [-0.2, 0) is 10.3 Å². The van der Waals surface area contributed by atoms with E-state index in [1.54, 1.807) is 6.20 Å². The first-order valence-electron chi connectivity index (χ1n) is 6.43. The van der Waals surface area contributed by atoms with Crippen LogP contribution in [0.2, 0.25) is 0 Å². The molecule has 3 heteroatoms. The van der Waals surface area contributed by atoms with Gasteiger partial charge >= 0.3 is 0 Å². The fraction of sp³-hybridized carbons (Fsp3) is 0.400. The molecule has 94 valence electrons. The standard InChI is InChI=1S/C15H17NO2/c17-15(6-2-9-18-10-7-15)13-4-5-14-12(11-13)3-1-8-16-14/h1,3-5,8,11,17H,2,6-7,9-10H2.